The number of benzene rings is 1. The van der Waals surface area contributed by atoms with E-state index in [1.807, 2.05) is 0 Å². The van der Waals surface area contributed by atoms with Crippen molar-refractivity contribution in [1.82, 2.24) is 0 Å². The van der Waals surface area contributed by atoms with Crippen LogP contribution in [0.25, 0.3) is 0 Å². The van der Waals surface area contributed by atoms with E-state index in [2.05, 4.69) is 31.2 Å². The van der Waals surface area contributed by atoms with Gasteiger partial charge in [-0.25, -0.2) is 0 Å². The quantitative estimate of drug-likeness (QED) is 0.728. The van der Waals surface area contributed by atoms with E-state index >= 15 is 0 Å². The van der Waals surface area contributed by atoms with Crippen molar-refractivity contribution in [2.45, 2.75) is 70.8 Å². The monoisotopic (exact) mass is 260 g/mol. The first-order valence-corrected chi connectivity index (χ1v) is 8.06. The third-order valence-corrected chi connectivity index (χ3v) is 4.51. The Morgan fingerprint density at radius 1 is 1.16 bits per heavy atom. The van der Waals surface area contributed by atoms with Gasteiger partial charge in [-0.3, -0.25) is 0 Å². The molecule has 1 aromatic rings. The predicted molar refractivity (Wildman–Crippen MR) is 81.2 cm³/mol. The van der Waals surface area contributed by atoms with Crippen LogP contribution in [0.3, 0.4) is 0 Å². The molecule has 1 fully saturated rings. The number of unbranched alkanes of at least 4 members (excludes halogenated alkanes) is 1. The highest BCUT2D eigenvalue weighted by molar-refractivity contribution is 5.24. The molecular weight excluding hydrogens is 232 g/mol. The van der Waals surface area contributed by atoms with Crippen LogP contribution >= 0.6 is 0 Å². The van der Waals surface area contributed by atoms with Crippen molar-refractivity contribution in [3.63, 3.8) is 0 Å². The van der Waals surface area contributed by atoms with Gasteiger partial charge in [0.05, 0.1) is 6.10 Å². The molecule has 1 heteroatoms. The number of aliphatic hydroxyl groups excluding tert-OH is 1. The molecule has 0 amide bonds. The minimum atomic E-state index is -0.263. The highest BCUT2D eigenvalue weighted by Crippen LogP contribution is 2.31. The minimum Gasteiger partial charge on any atom is -0.388 e. The van der Waals surface area contributed by atoms with E-state index in [1.165, 1.54) is 50.5 Å². The highest BCUT2D eigenvalue weighted by Gasteiger charge is 2.17. The summed E-state index contributed by atoms with van der Waals surface area (Å²) in [5, 5.41) is 10.2. The van der Waals surface area contributed by atoms with Crippen molar-refractivity contribution in [1.29, 1.82) is 0 Å². The maximum atomic E-state index is 10.2. The third-order valence-electron chi connectivity index (χ3n) is 4.51. The van der Waals surface area contributed by atoms with Crippen LogP contribution in [-0.4, -0.2) is 5.11 Å². The first-order valence-electron chi connectivity index (χ1n) is 8.06. The summed E-state index contributed by atoms with van der Waals surface area (Å²) >= 11 is 0. The van der Waals surface area contributed by atoms with Crippen LogP contribution in [0.1, 0.15) is 75.5 Å². The zero-order chi connectivity index (χ0) is 13.5. The molecule has 1 aliphatic carbocycles. The largest absolute Gasteiger partial charge is 0.388 e. The molecule has 1 nitrogen and oxygen atoms in total. The second-order valence-electron chi connectivity index (χ2n) is 6.09. The first kappa shape index (κ1) is 14.6. The molecule has 0 saturated heterocycles. The molecule has 1 saturated carbocycles. The van der Waals surface area contributed by atoms with Crippen molar-refractivity contribution in [3.05, 3.63) is 35.4 Å². The van der Waals surface area contributed by atoms with Gasteiger partial charge in [0, 0.05) is 0 Å². The summed E-state index contributed by atoms with van der Waals surface area (Å²) in [6.45, 7) is 2.22. The van der Waals surface area contributed by atoms with Crippen LogP contribution in [0.15, 0.2) is 24.3 Å². The standard InChI is InChI=1S/C18H28O/c1-2-3-6-16-9-12-17(13-10-16)18(19)14-11-15-7-4-5-8-15/h9-10,12-13,15,18-19H,2-8,11,14H2,1H3. The normalized spacial score (nSPS) is 17.8. The number of hydrogen-bond donors (Lipinski definition) is 1. The van der Waals surface area contributed by atoms with Crippen LogP contribution in [0.2, 0.25) is 0 Å². The van der Waals surface area contributed by atoms with Gasteiger partial charge in [-0.2, -0.15) is 0 Å². The van der Waals surface area contributed by atoms with Crippen LogP contribution in [0.5, 0.6) is 0 Å². The lowest BCUT2D eigenvalue weighted by Gasteiger charge is -2.14. The molecule has 1 aromatic carbocycles. The summed E-state index contributed by atoms with van der Waals surface area (Å²) in [5.41, 5.74) is 2.49. The second-order valence-corrected chi connectivity index (χ2v) is 6.09. The predicted octanol–water partition coefficient (Wildman–Crippen LogP) is 5.03. The molecule has 19 heavy (non-hydrogen) atoms. The van der Waals surface area contributed by atoms with Gasteiger partial charge in [0.15, 0.2) is 0 Å². The second kappa shape index (κ2) is 7.69. The molecule has 0 aromatic heterocycles. The van der Waals surface area contributed by atoms with Gasteiger partial charge >= 0.3 is 0 Å². The van der Waals surface area contributed by atoms with Gasteiger partial charge in [-0.05, 0) is 42.7 Å². The molecule has 0 aliphatic heterocycles. The molecule has 0 heterocycles. The van der Waals surface area contributed by atoms with Gasteiger partial charge < -0.3 is 5.11 Å². The van der Waals surface area contributed by atoms with E-state index in [9.17, 15) is 5.11 Å². The zero-order valence-electron chi connectivity index (χ0n) is 12.3. The van der Waals surface area contributed by atoms with E-state index in [1.54, 1.807) is 0 Å². The Hall–Kier alpha value is -0.820. The van der Waals surface area contributed by atoms with Crippen molar-refractivity contribution in [3.8, 4) is 0 Å². The summed E-state index contributed by atoms with van der Waals surface area (Å²) in [4.78, 5) is 0. The summed E-state index contributed by atoms with van der Waals surface area (Å²) in [7, 11) is 0. The Morgan fingerprint density at radius 2 is 1.84 bits per heavy atom. The van der Waals surface area contributed by atoms with Crippen molar-refractivity contribution in [2.75, 3.05) is 0 Å². The molecule has 1 atom stereocenters. The molecular formula is C18H28O. The fourth-order valence-corrected chi connectivity index (χ4v) is 3.15. The number of rotatable bonds is 7. The molecule has 0 bridgehead atoms. The van der Waals surface area contributed by atoms with Crippen molar-refractivity contribution < 1.29 is 5.11 Å². The molecule has 0 radical (unpaired) electrons. The van der Waals surface area contributed by atoms with Gasteiger partial charge in [0.2, 0.25) is 0 Å². The van der Waals surface area contributed by atoms with Crippen LogP contribution in [0, 0.1) is 5.92 Å². The lowest BCUT2D eigenvalue weighted by atomic mass is 9.95. The van der Waals surface area contributed by atoms with E-state index in [4.69, 9.17) is 0 Å². The van der Waals surface area contributed by atoms with E-state index in [0.717, 1.165) is 24.3 Å². The Labute approximate surface area is 118 Å². The van der Waals surface area contributed by atoms with Gasteiger partial charge in [0.25, 0.3) is 0 Å². The maximum Gasteiger partial charge on any atom is 0.0790 e. The van der Waals surface area contributed by atoms with Crippen LogP contribution < -0.4 is 0 Å². The molecule has 1 aliphatic rings. The van der Waals surface area contributed by atoms with Crippen molar-refractivity contribution in [2.24, 2.45) is 5.92 Å². The summed E-state index contributed by atoms with van der Waals surface area (Å²) in [5.74, 6) is 0.874. The Kier molecular flexibility index (Phi) is 5.91. The van der Waals surface area contributed by atoms with Gasteiger partial charge in [-0.1, -0.05) is 63.3 Å². The summed E-state index contributed by atoms with van der Waals surface area (Å²) in [6, 6.07) is 8.60. The number of aliphatic hydroxyl groups is 1. The lowest BCUT2D eigenvalue weighted by molar-refractivity contribution is 0.157. The molecule has 1 unspecified atom stereocenters. The number of hydrogen-bond acceptors (Lipinski definition) is 1. The van der Waals surface area contributed by atoms with Gasteiger partial charge in [0.1, 0.15) is 0 Å². The number of aryl methyl sites for hydroxylation is 1. The van der Waals surface area contributed by atoms with E-state index in [0.29, 0.717) is 0 Å². The topological polar surface area (TPSA) is 20.2 Å². The fourth-order valence-electron chi connectivity index (χ4n) is 3.15. The molecule has 1 N–H and O–H groups in total. The molecule has 0 spiro atoms. The molecule has 2 rings (SSSR count). The van der Waals surface area contributed by atoms with Crippen LogP contribution in [-0.2, 0) is 6.42 Å². The highest BCUT2D eigenvalue weighted by atomic mass is 16.3. The van der Waals surface area contributed by atoms with Crippen LogP contribution in [0.4, 0.5) is 0 Å². The minimum absolute atomic E-state index is 0.263. The zero-order valence-corrected chi connectivity index (χ0v) is 12.3. The summed E-state index contributed by atoms with van der Waals surface area (Å²) < 4.78 is 0. The average molecular weight is 260 g/mol. The Morgan fingerprint density at radius 3 is 2.47 bits per heavy atom. The van der Waals surface area contributed by atoms with Crippen molar-refractivity contribution >= 4 is 0 Å². The van der Waals surface area contributed by atoms with Gasteiger partial charge in [-0.15, -0.1) is 0 Å². The Balaban J connectivity index is 1.79. The third kappa shape index (κ3) is 4.65. The average Bonchev–Trinajstić information content (AvgIpc) is 2.96. The lowest BCUT2D eigenvalue weighted by Crippen LogP contribution is -2.01. The SMILES string of the molecule is CCCCc1ccc(C(O)CCC2CCCC2)cc1. The fraction of sp³-hybridized carbons (Fsp3) is 0.667. The smallest absolute Gasteiger partial charge is 0.0790 e. The van der Waals surface area contributed by atoms with E-state index < -0.39 is 0 Å². The van der Waals surface area contributed by atoms with E-state index in [-0.39, 0.29) is 6.10 Å². The Bertz CT molecular complexity index is 348. The first-order chi connectivity index (χ1) is 9.29. The maximum absolute atomic E-state index is 10.2. The molecule has 106 valence electrons. The summed E-state index contributed by atoms with van der Waals surface area (Å²) in [6.07, 6.45) is 11.1.